The van der Waals surface area contributed by atoms with E-state index in [1.165, 1.54) is 0 Å². The summed E-state index contributed by atoms with van der Waals surface area (Å²) in [5.74, 6) is -0.0487. The lowest BCUT2D eigenvalue weighted by Crippen LogP contribution is -2.10. The molecule has 2 heteroatoms. The molecule has 0 saturated heterocycles. The number of hydrogen-bond acceptors (Lipinski definition) is 1. The first-order valence-electron chi connectivity index (χ1n) is 5.88. The van der Waals surface area contributed by atoms with Gasteiger partial charge >= 0.3 is 0 Å². The summed E-state index contributed by atoms with van der Waals surface area (Å²) >= 11 is 0. The number of carbonyl (C=O) groups is 1. The Hall–Kier alpha value is -2.35. The van der Waals surface area contributed by atoms with Crippen molar-refractivity contribution in [3.05, 3.63) is 60.7 Å². The van der Waals surface area contributed by atoms with Crippen LogP contribution >= 0.6 is 0 Å². The fourth-order valence-corrected chi connectivity index (χ4v) is 2.33. The summed E-state index contributed by atoms with van der Waals surface area (Å²) < 4.78 is 1.74. The van der Waals surface area contributed by atoms with Gasteiger partial charge in [-0.15, -0.1) is 0 Å². The zero-order valence-corrected chi connectivity index (χ0v) is 10.2. The van der Waals surface area contributed by atoms with Gasteiger partial charge in [0.25, 0.3) is 5.91 Å². The predicted molar refractivity (Wildman–Crippen MR) is 74.9 cm³/mol. The number of fused-ring (bicyclic) bond motifs is 3. The molecule has 88 valence electrons. The van der Waals surface area contributed by atoms with Crippen molar-refractivity contribution in [1.82, 2.24) is 4.57 Å². The summed E-state index contributed by atoms with van der Waals surface area (Å²) in [5.41, 5.74) is 2.42. The van der Waals surface area contributed by atoms with E-state index < -0.39 is 0 Å². The maximum Gasteiger partial charge on any atom is 0.257 e. The molecular formula is C16H13NO. The fraction of sp³-hybridized carbons (Fsp3) is 0.0625. The highest BCUT2D eigenvalue weighted by atomic mass is 16.2. The molecule has 0 amide bonds. The summed E-state index contributed by atoms with van der Waals surface area (Å²) in [4.78, 5) is 12.3. The van der Waals surface area contributed by atoms with Gasteiger partial charge < -0.3 is 0 Å². The number of aromatic nitrogens is 1. The van der Waals surface area contributed by atoms with Crippen molar-refractivity contribution in [2.24, 2.45) is 0 Å². The molecule has 3 rings (SSSR count). The first kappa shape index (κ1) is 10.8. The highest BCUT2D eigenvalue weighted by Gasteiger charge is 2.15. The second kappa shape index (κ2) is 3.84. The highest BCUT2D eigenvalue weighted by Crippen LogP contribution is 2.29. The van der Waals surface area contributed by atoms with E-state index in [9.17, 15) is 4.79 Å². The zero-order chi connectivity index (χ0) is 12.7. The van der Waals surface area contributed by atoms with Gasteiger partial charge in [-0.3, -0.25) is 9.36 Å². The monoisotopic (exact) mass is 235 g/mol. The van der Waals surface area contributed by atoms with Gasteiger partial charge in [-0.2, -0.15) is 0 Å². The Morgan fingerprint density at radius 2 is 1.39 bits per heavy atom. The average Bonchev–Trinajstić information content (AvgIpc) is 2.72. The normalized spacial score (nSPS) is 10.9. The third-order valence-electron chi connectivity index (χ3n) is 3.15. The van der Waals surface area contributed by atoms with Crippen LogP contribution in [0.3, 0.4) is 0 Å². The van der Waals surface area contributed by atoms with Crippen molar-refractivity contribution in [3.8, 4) is 0 Å². The van der Waals surface area contributed by atoms with Crippen LogP contribution in [0.25, 0.3) is 21.8 Å². The van der Waals surface area contributed by atoms with Crippen LogP contribution in [0, 0.1) is 0 Å². The lowest BCUT2D eigenvalue weighted by atomic mass is 10.2. The molecule has 0 saturated carbocycles. The van der Waals surface area contributed by atoms with Gasteiger partial charge in [-0.25, -0.2) is 0 Å². The SMILES string of the molecule is C=C(C)C(=O)n1c2ccccc2c2ccccc21. The molecule has 0 spiro atoms. The van der Waals surface area contributed by atoms with Gasteiger partial charge in [-0.1, -0.05) is 43.0 Å². The molecule has 0 fully saturated rings. The van der Waals surface area contributed by atoms with Crippen molar-refractivity contribution < 1.29 is 4.79 Å². The predicted octanol–water partition coefficient (Wildman–Crippen LogP) is 4.01. The Morgan fingerprint density at radius 3 is 1.83 bits per heavy atom. The Kier molecular flexibility index (Phi) is 2.30. The first-order valence-corrected chi connectivity index (χ1v) is 5.88. The van der Waals surface area contributed by atoms with Gasteiger partial charge in [0, 0.05) is 16.3 Å². The maximum absolute atomic E-state index is 12.3. The summed E-state index contributed by atoms with van der Waals surface area (Å²) in [5, 5.41) is 2.20. The summed E-state index contributed by atoms with van der Waals surface area (Å²) in [6.45, 7) is 5.50. The summed E-state index contributed by atoms with van der Waals surface area (Å²) in [7, 11) is 0. The molecule has 1 aromatic heterocycles. The number of allylic oxidation sites excluding steroid dienone is 1. The van der Waals surface area contributed by atoms with Crippen molar-refractivity contribution in [2.75, 3.05) is 0 Å². The third-order valence-corrected chi connectivity index (χ3v) is 3.15. The van der Waals surface area contributed by atoms with Crippen LogP contribution in [0.15, 0.2) is 60.7 Å². The molecule has 0 atom stereocenters. The van der Waals surface area contributed by atoms with Gasteiger partial charge in [0.05, 0.1) is 11.0 Å². The Balaban J connectivity index is 2.53. The van der Waals surface area contributed by atoms with E-state index in [0.717, 1.165) is 21.8 Å². The number of hydrogen-bond donors (Lipinski definition) is 0. The van der Waals surface area contributed by atoms with Crippen LogP contribution in [-0.4, -0.2) is 10.5 Å². The molecule has 0 radical (unpaired) electrons. The van der Waals surface area contributed by atoms with Crippen molar-refractivity contribution in [3.63, 3.8) is 0 Å². The molecule has 0 aliphatic carbocycles. The van der Waals surface area contributed by atoms with E-state index in [4.69, 9.17) is 0 Å². The smallest absolute Gasteiger partial charge is 0.257 e. The molecule has 2 aromatic carbocycles. The molecule has 0 aliphatic rings. The lowest BCUT2D eigenvalue weighted by Gasteiger charge is -2.04. The Bertz CT molecular complexity index is 727. The molecule has 18 heavy (non-hydrogen) atoms. The van der Waals surface area contributed by atoms with Crippen LogP contribution < -0.4 is 0 Å². The molecular weight excluding hydrogens is 222 g/mol. The number of carbonyl (C=O) groups excluding carboxylic acids is 1. The van der Waals surface area contributed by atoms with Crippen molar-refractivity contribution >= 4 is 27.7 Å². The number of para-hydroxylation sites is 2. The van der Waals surface area contributed by atoms with E-state index in [-0.39, 0.29) is 5.91 Å². The summed E-state index contributed by atoms with van der Waals surface area (Å²) in [6, 6.07) is 15.9. The minimum Gasteiger partial charge on any atom is -0.276 e. The van der Waals surface area contributed by atoms with Gasteiger partial charge in [0.1, 0.15) is 0 Å². The second-order valence-corrected chi connectivity index (χ2v) is 4.46. The maximum atomic E-state index is 12.3. The van der Waals surface area contributed by atoms with Crippen LogP contribution in [0.1, 0.15) is 11.7 Å². The van der Waals surface area contributed by atoms with Crippen LogP contribution in [0.5, 0.6) is 0 Å². The molecule has 0 N–H and O–H groups in total. The molecule has 2 nitrogen and oxygen atoms in total. The summed E-state index contributed by atoms with van der Waals surface area (Å²) in [6.07, 6.45) is 0. The zero-order valence-electron chi connectivity index (χ0n) is 10.2. The Morgan fingerprint density at radius 1 is 0.944 bits per heavy atom. The van der Waals surface area contributed by atoms with E-state index in [0.29, 0.717) is 5.57 Å². The van der Waals surface area contributed by atoms with Crippen molar-refractivity contribution in [2.45, 2.75) is 6.92 Å². The quantitative estimate of drug-likeness (QED) is 0.584. The topological polar surface area (TPSA) is 22.0 Å². The van der Waals surface area contributed by atoms with Crippen molar-refractivity contribution in [1.29, 1.82) is 0 Å². The van der Waals surface area contributed by atoms with Crippen LogP contribution in [0.4, 0.5) is 0 Å². The molecule has 1 heterocycles. The second-order valence-electron chi connectivity index (χ2n) is 4.46. The molecule has 0 bridgehead atoms. The number of rotatable bonds is 1. The number of benzene rings is 2. The van der Waals surface area contributed by atoms with Gasteiger partial charge in [0.2, 0.25) is 0 Å². The molecule has 3 aromatic rings. The van der Waals surface area contributed by atoms with Crippen LogP contribution in [0.2, 0.25) is 0 Å². The average molecular weight is 235 g/mol. The molecule has 0 unspecified atom stereocenters. The third kappa shape index (κ3) is 1.39. The first-order chi connectivity index (χ1) is 8.70. The van der Waals surface area contributed by atoms with E-state index in [1.807, 2.05) is 48.5 Å². The van der Waals surface area contributed by atoms with E-state index in [1.54, 1.807) is 11.5 Å². The lowest BCUT2D eigenvalue weighted by molar-refractivity contribution is 0.0965. The van der Waals surface area contributed by atoms with E-state index in [2.05, 4.69) is 6.58 Å². The fourth-order valence-electron chi connectivity index (χ4n) is 2.33. The largest absolute Gasteiger partial charge is 0.276 e. The molecule has 0 aliphatic heterocycles. The highest BCUT2D eigenvalue weighted by molar-refractivity contribution is 6.15. The van der Waals surface area contributed by atoms with Crippen LogP contribution in [-0.2, 0) is 0 Å². The standard InChI is InChI=1S/C16H13NO/c1-11(2)16(18)17-14-9-5-3-7-12(14)13-8-4-6-10-15(13)17/h3-10H,1H2,2H3. The minimum absolute atomic E-state index is 0.0487. The Labute approximate surface area is 105 Å². The number of nitrogens with zero attached hydrogens (tertiary/aromatic N) is 1. The van der Waals surface area contributed by atoms with Gasteiger partial charge in [-0.05, 0) is 19.1 Å². The van der Waals surface area contributed by atoms with Gasteiger partial charge in [0.15, 0.2) is 0 Å². The van der Waals surface area contributed by atoms with E-state index >= 15 is 0 Å². The minimum atomic E-state index is -0.0487.